The summed E-state index contributed by atoms with van der Waals surface area (Å²) in [5.41, 5.74) is 0. The summed E-state index contributed by atoms with van der Waals surface area (Å²) in [7, 11) is 3.19. The van der Waals surface area contributed by atoms with Crippen molar-refractivity contribution in [3.8, 4) is 17.2 Å². The Balaban J connectivity index is 1.56. The Kier molecular flexibility index (Phi) is 6.65. The third kappa shape index (κ3) is 4.51. The average molecular weight is 391 g/mol. The van der Waals surface area contributed by atoms with Gasteiger partial charge in [0.1, 0.15) is 6.10 Å². The van der Waals surface area contributed by atoms with Gasteiger partial charge in [0.05, 0.1) is 20.1 Å². The smallest absolute Gasteiger partial charge is 0.306 e. The molecule has 1 saturated heterocycles. The quantitative estimate of drug-likeness (QED) is 0.802. The number of hydrogen-bond donors (Lipinski definition) is 1. The van der Waals surface area contributed by atoms with E-state index in [0.717, 1.165) is 25.7 Å². The van der Waals surface area contributed by atoms with Crippen LogP contribution >= 0.6 is 0 Å². The lowest BCUT2D eigenvalue weighted by atomic mass is 9.80. The summed E-state index contributed by atoms with van der Waals surface area (Å²) >= 11 is 0. The predicted molar refractivity (Wildman–Crippen MR) is 103 cm³/mol. The van der Waals surface area contributed by atoms with E-state index < -0.39 is 5.97 Å². The zero-order valence-electron chi connectivity index (χ0n) is 16.6. The van der Waals surface area contributed by atoms with Crippen LogP contribution in [0.5, 0.6) is 17.2 Å². The van der Waals surface area contributed by atoms with Crippen molar-refractivity contribution in [2.24, 2.45) is 11.8 Å². The van der Waals surface area contributed by atoms with E-state index in [9.17, 15) is 14.7 Å². The molecule has 1 heterocycles. The molecule has 2 unspecified atom stereocenters. The van der Waals surface area contributed by atoms with Gasteiger partial charge >= 0.3 is 5.97 Å². The van der Waals surface area contributed by atoms with Gasteiger partial charge in [0.25, 0.3) is 0 Å². The molecular formula is C21H29NO6. The molecule has 154 valence electrons. The molecule has 1 N–H and O–H groups in total. The van der Waals surface area contributed by atoms with Crippen LogP contribution in [-0.4, -0.2) is 55.3 Å². The SMILES string of the molecule is COc1cccc(OC)c1OC1CCN(C(=O)C2CCCC(C(=O)O)C2)CC1. The number of carboxylic acid groups (broad SMARTS) is 1. The number of carbonyl (C=O) groups excluding carboxylic acids is 1. The van der Waals surface area contributed by atoms with E-state index in [2.05, 4.69) is 0 Å². The van der Waals surface area contributed by atoms with Gasteiger partial charge in [-0.05, 0) is 31.4 Å². The Bertz CT molecular complexity index is 676. The van der Waals surface area contributed by atoms with E-state index in [1.807, 2.05) is 23.1 Å². The van der Waals surface area contributed by atoms with Crippen molar-refractivity contribution < 1.29 is 28.9 Å². The summed E-state index contributed by atoms with van der Waals surface area (Å²) in [6.07, 6.45) is 4.16. The van der Waals surface area contributed by atoms with Crippen LogP contribution in [0.4, 0.5) is 0 Å². The topological polar surface area (TPSA) is 85.3 Å². The molecule has 2 fully saturated rings. The number of methoxy groups -OCH3 is 2. The third-order valence-corrected chi connectivity index (χ3v) is 5.79. The van der Waals surface area contributed by atoms with Crippen LogP contribution in [0.15, 0.2) is 18.2 Å². The van der Waals surface area contributed by atoms with Crippen molar-refractivity contribution in [2.45, 2.75) is 44.6 Å². The van der Waals surface area contributed by atoms with Crippen molar-refractivity contribution in [1.82, 2.24) is 4.90 Å². The van der Waals surface area contributed by atoms with Gasteiger partial charge in [-0.1, -0.05) is 12.5 Å². The number of piperidine rings is 1. The summed E-state index contributed by atoms with van der Waals surface area (Å²) in [5, 5.41) is 9.25. The summed E-state index contributed by atoms with van der Waals surface area (Å²) in [6.45, 7) is 1.24. The predicted octanol–water partition coefficient (Wildman–Crippen LogP) is 2.96. The molecule has 0 spiro atoms. The highest BCUT2D eigenvalue weighted by atomic mass is 16.5. The van der Waals surface area contributed by atoms with Crippen molar-refractivity contribution in [1.29, 1.82) is 0 Å². The highest BCUT2D eigenvalue weighted by Gasteiger charge is 2.35. The van der Waals surface area contributed by atoms with E-state index in [1.165, 1.54) is 0 Å². The van der Waals surface area contributed by atoms with Crippen LogP contribution < -0.4 is 14.2 Å². The number of amides is 1. The Morgan fingerprint density at radius 2 is 1.61 bits per heavy atom. The first-order valence-electron chi connectivity index (χ1n) is 9.92. The number of likely N-dealkylation sites (tertiary alicyclic amines) is 1. The second-order valence-corrected chi connectivity index (χ2v) is 7.53. The average Bonchev–Trinajstić information content (AvgIpc) is 2.74. The van der Waals surface area contributed by atoms with E-state index in [0.29, 0.717) is 43.2 Å². The number of aliphatic carboxylic acids is 1. The number of hydrogen-bond acceptors (Lipinski definition) is 5. The number of para-hydroxylation sites is 1. The van der Waals surface area contributed by atoms with Gasteiger partial charge in [-0.2, -0.15) is 0 Å². The molecule has 2 aliphatic rings. The first kappa shape index (κ1) is 20.3. The van der Waals surface area contributed by atoms with Crippen molar-refractivity contribution >= 4 is 11.9 Å². The molecule has 28 heavy (non-hydrogen) atoms. The molecule has 1 aromatic carbocycles. The minimum absolute atomic E-state index is 0.0210. The number of ether oxygens (including phenoxy) is 3. The van der Waals surface area contributed by atoms with E-state index >= 15 is 0 Å². The third-order valence-electron chi connectivity index (χ3n) is 5.79. The minimum Gasteiger partial charge on any atom is -0.493 e. The molecule has 0 aromatic heterocycles. The fourth-order valence-electron chi connectivity index (χ4n) is 4.19. The van der Waals surface area contributed by atoms with Gasteiger partial charge in [-0.25, -0.2) is 0 Å². The molecule has 3 rings (SSSR count). The Morgan fingerprint density at radius 3 is 2.18 bits per heavy atom. The second-order valence-electron chi connectivity index (χ2n) is 7.53. The van der Waals surface area contributed by atoms with Crippen LogP contribution in [0.1, 0.15) is 38.5 Å². The van der Waals surface area contributed by atoms with Crippen LogP contribution in [0.2, 0.25) is 0 Å². The lowest BCUT2D eigenvalue weighted by Crippen LogP contribution is -2.45. The Morgan fingerprint density at radius 1 is 1.00 bits per heavy atom. The maximum Gasteiger partial charge on any atom is 0.306 e. The molecule has 0 radical (unpaired) electrons. The highest BCUT2D eigenvalue weighted by Crippen LogP contribution is 2.38. The van der Waals surface area contributed by atoms with E-state index in [4.69, 9.17) is 14.2 Å². The Labute approximate surface area is 165 Å². The first-order chi connectivity index (χ1) is 13.5. The monoisotopic (exact) mass is 391 g/mol. The maximum atomic E-state index is 12.8. The van der Waals surface area contributed by atoms with Gasteiger partial charge in [-0.15, -0.1) is 0 Å². The normalized spacial score (nSPS) is 23.1. The number of nitrogens with zero attached hydrogens (tertiary/aromatic N) is 1. The lowest BCUT2D eigenvalue weighted by Gasteiger charge is -2.36. The molecule has 7 heteroatoms. The summed E-state index contributed by atoms with van der Waals surface area (Å²) in [5.74, 6) is 0.603. The van der Waals surface area contributed by atoms with Crippen LogP contribution in [-0.2, 0) is 9.59 Å². The molecule has 2 atom stereocenters. The minimum atomic E-state index is -0.782. The van der Waals surface area contributed by atoms with E-state index in [1.54, 1.807) is 14.2 Å². The van der Waals surface area contributed by atoms with Gasteiger partial charge < -0.3 is 24.2 Å². The molecule has 1 aliphatic heterocycles. The molecule has 7 nitrogen and oxygen atoms in total. The second kappa shape index (κ2) is 9.17. The number of carbonyl (C=O) groups is 2. The fraction of sp³-hybridized carbons (Fsp3) is 0.619. The zero-order chi connectivity index (χ0) is 20.1. The summed E-state index contributed by atoms with van der Waals surface area (Å²) in [6, 6.07) is 5.51. The number of benzene rings is 1. The van der Waals surface area contributed by atoms with Gasteiger partial charge in [0.15, 0.2) is 11.5 Å². The molecular weight excluding hydrogens is 362 g/mol. The van der Waals surface area contributed by atoms with Crippen LogP contribution in [0, 0.1) is 11.8 Å². The van der Waals surface area contributed by atoms with Gasteiger partial charge in [-0.3, -0.25) is 9.59 Å². The highest BCUT2D eigenvalue weighted by molar-refractivity contribution is 5.80. The van der Waals surface area contributed by atoms with E-state index in [-0.39, 0.29) is 23.8 Å². The van der Waals surface area contributed by atoms with Gasteiger partial charge in [0, 0.05) is 31.8 Å². The zero-order valence-corrected chi connectivity index (χ0v) is 16.6. The fourth-order valence-corrected chi connectivity index (χ4v) is 4.19. The van der Waals surface area contributed by atoms with Crippen molar-refractivity contribution in [3.63, 3.8) is 0 Å². The van der Waals surface area contributed by atoms with Crippen LogP contribution in [0.3, 0.4) is 0 Å². The summed E-state index contributed by atoms with van der Waals surface area (Å²) < 4.78 is 16.9. The van der Waals surface area contributed by atoms with Gasteiger partial charge in [0.2, 0.25) is 11.7 Å². The summed E-state index contributed by atoms with van der Waals surface area (Å²) in [4.78, 5) is 26.0. The Hall–Kier alpha value is -2.44. The number of rotatable bonds is 6. The molecule has 1 aromatic rings. The lowest BCUT2D eigenvalue weighted by molar-refractivity contribution is -0.146. The largest absolute Gasteiger partial charge is 0.493 e. The standard InChI is InChI=1S/C21H29NO6/c1-26-17-7-4-8-18(27-2)19(17)28-16-9-11-22(12-10-16)20(23)14-5-3-6-15(13-14)21(24)25/h4,7-8,14-16H,3,5-6,9-13H2,1-2H3,(H,24,25). The maximum absolute atomic E-state index is 12.8. The molecule has 1 saturated carbocycles. The number of carboxylic acids is 1. The van der Waals surface area contributed by atoms with Crippen molar-refractivity contribution in [2.75, 3.05) is 27.3 Å². The molecule has 1 amide bonds. The first-order valence-corrected chi connectivity index (χ1v) is 9.92. The van der Waals surface area contributed by atoms with Crippen molar-refractivity contribution in [3.05, 3.63) is 18.2 Å². The van der Waals surface area contributed by atoms with Crippen LogP contribution in [0.25, 0.3) is 0 Å². The molecule has 1 aliphatic carbocycles. The molecule has 0 bridgehead atoms.